The minimum atomic E-state index is -0.0812. The highest BCUT2D eigenvalue weighted by molar-refractivity contribution is 7.16. The van der Waals surface area contributed by atoms with Crippen LogP contribution in [0.2, 0.25) is 0 Å². The predicted molar refractivity (Wildman–Crippen MR) is 137 cm³/mol. The van der Waals surface area contributed by atoms with Gasteiger partial charge in [-0.3, -0.25) is 19.0 Å². The minimum Gasteiger partial charge on any atom is -0.467 e. The number of piperidine rings is 1. The summed E-state index contributed by atoms with van der Waals surface area (Å²) in [7, 11) is 0. The van der Waals surface area contributed by atoms with Gasteiger partial charge in [0.25, 0.3) is 0 Å². The number of fused-ring (bicyclic) bond motifs is 1. The molecule has 2 amide bonds. The van der Waals surface area contributed by atoms with Gasteiger partial charge in [-0.25, -0.2) is 4.98 Å². The summed E-state index contributed by atoms with van der Waals surface area (Å²) in [5.41, 5.74) is 0.933. The average molecular weight is 508 g/mol. The number of likely N-dealkylation sites (tertiary alicyclic amines) is 1. The van der Waals surface area contributed by atoms with Crippen LogP contribution in [-0.2, 0) is 22.8 Å². The molecule has 0 bridgehead atoms. The molecule has 4 aromatic rings. The molecule has 1 aliphatic heterocycles. The van der Waals surface area contributed by atoms with E-state index in [1.54, 1.807) is 23.1 Å². The van der Waals surface area contributed by atoms with Crippen LogP contribution in [0.15, 0.2) is 64.3 Å². The van der Waals surface area contributed by atoms with Gasteiger partial charge in [-0.05, 0) is 43.5 Å². The van der Waals surface area contributed by atoms with Crippen molar-refractivity contribution in [2.45, 2.75) is 51.2 Å². The molecule has 1 fully saturated rings. The van der Waals surface area contributed by atoms with E-state index in [9.17, 15) is 14.4 Å². The van der Waals surface area contributed by atoms with E-state index < -0.39 is 0 Å². The van der Waals surface area contributed by atoms with Gasteiger partial charge in [0.05, 0.1) is 23.0 Å². The fourth-order valence-electron chi connectivity index (χ4n) is 4.73. The van der Waals surface area contributed by atoms with Gasteiger partial charge in [0.15, 0.2) is 0 Å². The normalized spacial score (nSPS) is 14.4. The summed E-state index contributed by atoms with van der Waals surface area (Å²) in [6, 6.07) is 11.4. The van der Waals surface area contributed by atoms with Crippen molar-refractivity contribution in [2.75, 3.05) is 13.1 Å². The summed E-state index contributed by atoms with van der Waals surface area (Å²) in [6.45, 7) is 2.13. The van der Waals surface area contributed by atoms with Crippen LogP contribution in [0, 0.1) is 0 Å². The summed E-state index contributed by atoms with van der Waals surface area (Å²) in [6.07, 6.45) is 8.13. The van der Waals surface area contributed by atoms with Gasteiger partial charge in [-0.2, -0.15) is 0 Å². The Morgan fingerprint density at radius 1 is 1.11 bits per heavy atom. The first-order valence-corrected chi connectivity index (χ1v) is 13.1. The molecule has 1 aromatic carbocycles. The maximum atomic E-state index is 12.7. The molecule has 0 atom stereocenters. The van der Waals surface area contributed by atoms with E-state index in [1.165, 1.54) is 11.3 Å². The maximum absolute atomic E-state index is 12.7. The van der Waals surface area contributed by atoms with Gasteiger partial charge in [-0.15, -0.1) is 0 Å². The average Bonchev–Trinajstić information content (AvgIpc) is 3.64. The molecule has 188 valence electrons. The number of nitrogens with one attached hydrogen (secondary N) is 1. The lowest BCUT2D eigenvalue weighted by atomic mass is 9.95. The van der Waals surface area contributed by atoms with Crippen LogP contribution in [0.5, 0.6) is 0 Å². The molecule has 0 spiro atoms. The number of aromatic nitrogens is 3. The summed E-state index contributed by atoms with van der Waals surface area (Å²) >= 11 is 1.26. The number of carbonyl (C=O) groups is 2. The molecule has 0 aliphatic carbocycles. The highest BCUT2D eigenvalue weighted by Crippen LogP contribution is 2.28. The number of thiazole rings is 1. The second-order valence-electron chi connectivity index (χ2n) is 9.03. The fourth-order valence-corrected chi connectivity index (χ4v) is 5.62. The molecule has 0 unspecified atom stereocenters. The molecule has 0 saturated carbocycles. The zero-order valence-corrected chi connectivity index (χ0v) is 20.8. The lowest BCUT2D eigenvalue weighted by molar-refractivity contribution is -0.132. The number of carbonyl (C=O) groups excluding carboxylic acids is 2. The molecule has 0 radical (unpaired) electrons. The van der Waals surface area contributed by atoms with Crippen LogP contribution < -0.4 is 10.2 Å². The van der Waals surface area contributed by atoms with Crippen LogP contribution in [0.25, 0.3) is 10.2 Å². The maximum Gasteiger partial charge on any atom is 0.309 e. The molecule has 10 heteroatoms. The van der Waals surface area contributed by atoms with E-state index in [-0.39, 0.29) is 22.6 Å². The number of hydrogen-bond donors (Lipinski definition) is 1. The second-order valence-corrected chi connectivity index (χ2v) is 10.0. The van der Waals surface area contributed by atoms with Crippen molar-refractivity contribution in [3.05, 3.63) is 76.3 Å². The van der Waals surface area contributed by atoms with Crippen molar-refractivity contribution < 1.29 is 14.0 Å². The molecule has 4 heterocycles. The van der Waals surface area contributed by atoms with E-state index in [4.69, 9.17) is 4.42 Å². The Bertz CT molecular complexity index is 1380. The number of hydrogen-bond acceptors (Lipinski definition) is 6. The molecule has 9 nitrogen and oxygen atoms in total. The number of nitrogens with zero attached hydrogens (tertiary/aromatic N) is 4. The molecule has 1 aliphatic rings. The van der Waals surface area contributed by atoms with E-state index >= 15 is 0 Å². The standard InChI is InChI=1S/C26H29N5O4S/c32-23(28-17-20-5-4-16-35-20)8-3-9-24(33)29-13-10-19(11-14-29)25-27-12-15-30(25)18-31-21-6-1-2-7-22(21)36-26(31)34/h1-2,4-7,12,15-16,19H,3,8-11,13-14,17-18H2,(H,28,32). The van der Waals surface area contributed by atoms with Crippen molar-refractivity contribution >= 4 is 33.4 Å². The van der Waals surface area contributed by atoms with Gasteiger partial charge in [-0.1, -0.05) is 23.5 Å². The number of furan rings is 1. The van der Waals surface area contributed by atoms with Crippen LogP contribution >= 0.6 is 11.3 Å². The van der Waals surface area contributed by atoms with Crippen LogP contribution in [-0.4, -0.2) is 43.9 Å². The minimum absolute atomic E-state index is 0.0194. The third-order valence-corrected chi connectivity index (χ3v) is 7.62. The van der Waals surface area contributed by atoms with E-state index in [1.807, 2.05) is 46.0 Å². The van der Waals surface area contributed by atoms with Gasteiger partial charge in [0, 0.05) is 44.2 Å². The smallest absolute Gasteiger partial charge is 0.309 e. The molecule has 5 rings (SSSR count). The molecule has 3 aromatic heterocycles. The second kappa shape index (κ2) is 10.9. The third-order valence-electron chi connectivity index (χ3n) is 6.66. The first-order chi connectivity index (χ1) is 17.6. The highest BCUT2D eigenvalue weighted by Gasteiger charge is 2.26. The molecule has 1 saturated heterocycles. The van der Waals surface area contributed by atoms with E-state index in [0.29, 0.717) is 51.3 Å². The van der Waals surface area contributed by atoms with Crippen molar-refractivity contribution in [1.29, 1.82) is 0 Å². The van der Waals surface area contributed by atoms with Crippen molar-refractivity contribution in [1.82, 2.24) is 24.3 Å². The Balaban J connectivity index is 1.10. The number of amides is 2. The summed E-state index contributed by atoms with van der Waals surface area (Å²) in [4.78, 5) is 43.8. The number of rotatable bonds is 9. The molecular weight excluding hydrogens is 478 g/mol. The molecular formula is C26H29N5O4S. The first-order valence-electron chi connectivity index (χ1n) is 12.2. The summed E-state index contributed by atoms with van der Waals surface area (Å²) < 4.78 is 10.0. The topological polar surface area (TPSA) is 102 Å². The zero-order chi connectivity index (χ0) is 24.9. The van der Waals surface area contributed by atoms with Crippen LogP contribution in [0.1, 0.15) is 49.6 Å². The number of imidazole rings is 1. The van der Waals surface area contributed by atoms with Gasteiger partial charge < -0.3 is 19.2 Å². The fraction of sp³-hybridized carbons (Fsp3) is 0.385. The summed E-state index contributed by atoms with van der Waals surface area (Å²) in [5, 5.41) is 2.81. The Morgan fingerprint density at radius 3 is 2.75 bits per heavy atom. The van der Waals surface area contributed by atoms with Crippen LogP contribution in [0.3, 0.4) is 0 Å². The highest BCUT2D eigenvalue weighted by atomic mass is 32.1. The largest absolute Gasteiger partial charge is 0.467 e. The van der Waals surface area contributed by atoms with Crippen molar-refractivity contribution in [3.8, 4) is 0 Å². The monoisotopic (exact) mass is 507 g/mol. The third kappa shape index (κ3) is 5.43. The van der Waals surface area contributed by atoms with Gasteiger partial charge in [0.2, 0.25) is 11.8 Å². The summed E-state index contributed by atoms with van der Waals surface area (Å²) in [5.74, 6) is 1.90. The lowest BCUT2D eigenvalue weighted by Gasteiger charge is -2.32. The van der Waals surface area contributed by atoms with E-state index in [0.717, 1.165) is 28.9 Å². The van der Waals surface area contributed by atoms with Gasteiger partial charge in [0.1, 0.15) is 18.3 Å². The van der Waals surface area contributed by atoms with Gasteiger partial charge >= 0.3 is 4.87 Å². The Morgan fingerprint density at radius 2 is 1.94 bits per heavy atom. The Hall–Kier alpha value is -3.66. The molecule has 1 N–H and O–H groups in total. The Labute approximate surface area is 212 Å². The van der Waals surface area contributed by atoms with E-state index in [2.05, 4.69) is 10.3 Å². The lowest BCUT2D eigenvalue weighted by Crippen LogP contribution is -2.38. The zero-order valence-electron chi connectivity index (χ0n) is 20.0. The Kier molecular flexibility index (Phi) is 7.31. The quantitative estimate of drug-likeness (QED) is 0.373. The number of benzene rings is 1. The first kappa shape index (κ1) is 24.1. The van der Waals surface area contributed by atoms with Crippen molar-refractivity contribution in [3.63, 3.8) is 0 Å². The predicted octanol–water partition coefficient (Wildman–Crippen LogP) is 3.55. The molecule has 36 heavy (non-hydrogen) atoms. The van der Waals surface area contributed by atoms with Crippen molar-refractivity contribution in [2.24, 2.45) is 0 Å². The SMILES string of the molecule is O=C(CCCC(=O)N1CCC(c2nccn2Cn2c(=O)sc3ccccc32)CC1)NCc1ccco1. The number of para-hydroxylation sites is 1. The van der Waals surface area contributed by atoms with Crippen LogP contribution in [0.4, 0.5) is 0 Å².